The van der Waals surface area contributed by atoms with Crippen molar-refractivity contribution < 1.29 is 4.74 Å². The molecule has 0 aromatic rings. The Balaban J connectivity index is 2.39. The van der Waals surface area contributed by atoms with Gasteiger partial charge in [-0.15, -0.1) is 0 Å². The molecule has 58 valence electrons. The molecule has 1 aliphatic heterocycles. The summed E-state index contributed by atoms with van der Waals surface area (Å²) in [5.74, 6) is 0.614. The van der Waals surface area contributed by atoms with Crippen LogP contribution < -0.4 is 5.73 Å². The molecule has 0 aromatic carbocycles. The lowest BCUT2D eigenvalue weighted by Gasteiger charge is -2.27. The monoisotopic (exact) mass is 143 g/mol. The smallest absolute Gasteiger partial charge is 0.191 e. The Morgan fingerprint density at radius 3 is 2.60 bits per heavy atom. The van der Waals surface area contributed by atoms with E-state index in [1.165, 1.54) is 0 Å². The fraction of sp³-hybridized carbons (Fsp3) is 0.833. The van der Waals surface area contributed by atoms with Crippen LogP contribution in [0.1, 0.15) is 0 Å². The van der Waals surface area contributed by atoms with E-state index in [-0.39, 0.29) is 0 Å². The van der Waals surface area contributed by atoms with Crippen LogP contribution in [0.3, 0.4) is 0 Å². The van der Waals surface area contributed by atoms with E-state index in [0.717, 1.165) is 26.3 Å². The highest BCUT2D eigenvalue weighted by Gasteiger charge is 2.10. The molecule has 1 heterocycles. The Labute approximate surface area is 60.7 Å². The van der Waals surface area contributed by atoms with Gasteiger partial charge in [-0.1, -0.05) is 0 Å². The maximum atomic E-state index is 5.57. The quantitative estimate of drug-likeness (QED) is 0.359. The number of nitrogens with two attached hydrogens (primary N) is 1. The molecule has 4 heteroatoms. The zero-order valence-electron chi connectivity index (χ0n) is 6.21. The lowest BCUT2D eigenvalue weighted by molar-refractivity contribution is 0.0675. The summed E-state index contributed by atoms with van der Waals surface area (Å²) in [7, 11) is 1.70. The zero-order valence-corrected chi connectivity index (χ0v) is 6.21. The number of aliphatic imine (C=N–C) groups is 1. The molecule has 10 heavy (non-hydrogen) atoms. The van der Waals surface area contributed by atoms with Gasteiger partial charge in [-0.3, -0.25) is 4.99 Å². The van der Waals surface area contributed by atoms with E-state index < -0.39 is 0 Å². The molecule has 0 aliphatic carbocycles. The van der Waals surface area contributed by atoms with Gasteiger partial charge in [-0.25, -0.2) is 0 Å². The maximum Gasteiger partial charge on any atom is 0.191 e. The maximum absolute atomic E-state index is 5.57. The first-order valence-corrected chi connectivity index (χ1v) is 3.39. The van der Waals surface area contributed by atoms with Gasteiger partial charge in [-0.05, 0) is 0 Å². The van der Waals surface area contributed by atoms with E-state index in [1.807, 2.05) is 4.90 Å². The van der Waals surface area contributed by atoms with Crippen molar-refractivity contribution >= 4 is 5.96 Å². The summed E-state index contributed by atoms with van der Waals surface area (Å²) >= 11 is 0. The summed E-state index contributed by atoms with van der Waals surface area (Å²) in [4.78, 5) is 5.89. The fourth-order valence-corrected chi connectivity index (χ4v) is 0.934. The minimum atomic E-state index is 0.614. The molecule has 0 spiro atoms. The molecule has 0 saturated carbocycles. The van der Waals surface area contributed by atoms with E-state index in [1.54, 1.807) is 7.05 Å². The minimum Gasteiger partial charge on any atom is -0.378 e. The summed E-state index contributed by atoms with van der Waals surface area (Å²) < 4.78 is 5.14. The molecule has 1 saturated heterocycles. The van der Waals surface area contributed by atoms with Gasteiger partial charge in [0, 0.05) is 20.1 Å². The molecule has 4 nitrogen and oxygen atoms in total. The fourth-order valence-electron chi connectivity index (χ4n) is 0.934. The van der Waals surface area contributed by atoms with Gasteiger partial charge in [0.25, 0.3) is 0 Å². The highest BCUT2D eigenvalue weighted by atomic mass is 16.5. The average molecular weight is 143 g/mol. The summed E-state index contributed by atoms with van der Waals surface area (Å²) in [6, 6.07) is 0. The van der Waals surface area contributed by atoms with Crippen LogP contribution in [0.5, 0.6) is 0 Å². The number of ether oxygens (including phenoxy) is 1. The van der Waals surface area contributed by atoms with Crippen LogP contribution in [0, 0.1) is 0 Å². The number of nitrogens with zero attached hydrogens (tertiary/aromatic N) is 2. The number of morpholine rings is 1. The highest BCUT2D eigenvalue weighted by molar-refractivity contribution is 5.77. The van der Waals surface area contributed by atoms with Crippen LogP contribution in [0.2, 0.25) is 0 Å². The topological polar surface area (TPSA) is 50.8 Å². The van der Waals surface area contributed by atoms with Crippen molar-refractivity contribution in [1.29, 1.82) is 0 Å². The van der Waals surface area contributed by atoms with Gasteiger partial charge in [0.1, 0.15) is 0 Å². The second-order valence-corrected chi connectivity index (χ2v) is 2.18. The van der Waals surface area contributed by atoms with E-state index in [4.69, 9.17) is 10.5 Å². The Morgan fingerprint density at radius 1 is 1.50 bits per heavy atom. The molecule has 0 radical (unpaired) electrons. The van der Waals surface area contributed by atoms with Crippen LogP contribution in [0.15, 0.2) is 4.99 Å². The summed E-state index contributed by atoms with van der Waals surface area (Å²) in [5, 5.41) is 0. The van der Waals surface area contributed by atoms with Crippen molar-refractivity contribution in [3.8, 4) is 0 Å². The van der Waals surface area contributed by atoms with E-state index >= 15 is 0 Å². The molecular weight excluding hydrogens is 130 g/mol. The number of hydrogen-bond donors (Lipinski definition) is 1. The average Bonchev–Trinajstić information content (AvgIpc) is 2.05. The lowest BCUT2D eigenvalue weighted by Crippen LogP contribution is -2.44. The van der Waals surface area contributed by atoms with Gasteiger partial charge in [0.2, 0.25) is 0 Å². The summed E-state index contributed by atoms with van der Waals surface area (Å²) in [6.07, 6.45) is 0. The normalized spacial score (nSPS) is 21.3. The molecule has 2 N–H and O–H groups in total. The third-order valence-electron chi connectivity index (χ3n) is 1.56. The molecule has 0 amide bonds. The van der Waals surface area contributed by atoms with Crippen molar-refractivity contribution in [3.63, 3.8) is 0 Å². The summed E-state index contributed by atoms with van der Waals surface area (Å²) in [6.45, 7) is 3.25. The van der Waals surface area contributed by atoms with Gasteiger partial charge in [0.05, 0.1) is 13.2 Å². The van der Waals surface area contributed by atoms with Crippen molar-refractivity contribution in [1.82, 2.24) is 4.90 Å². The number of guanidine groups is 1. The zero-order chi connectivity index (χ0) is 7.40. The van der Waals surface area contributed by atoms with Gasteiger partial charge in [0.15, 0.2) is 5.96 Å². The van der Waals surface area contributed by atoms with Crippen molar-refractivity contribution in [2.24, 2.45) is 10.7 Å². The highest BCUT2D eigenvalue weighted by Crippen LogP contribution is 1.94. The Hall–Kier alpha value is -0.770. The minimum absolute atomic E-state index is 0.614. The molecule has 1 fully saturated rings. The molecular formula is C6H13N3O. The van der Waals surface area contributed by atoms with Gasteiger partial charge >= 0.3 is 0 Å². The van der Waals surface area contributed by atoms with Gasteiger partial charge < -0.3 is 15.4 Å². The van der Waals surface area contributed by atoms with Crippen molar-refractivity contribution in [3.05, 3.63) is 0 Å². The van der Waals surface area contributed by atoms with E-state index in [9.17, 15) is 0 Å². The van der Waals surface area contributed by atoms with E-state index in [0.29, 0.717) is 5.96 Å². The molecule has 0 unspecified atom stereocenters. The standard InChI is InChI=1S/C6H13N3O/c1-8-6(7)9-2-4-10-5-3-9/h2-5H2,1H3,(H2,7,8). The lowest BCUT2D eigenvalue weighted by atomic mass is 10.4. The van der Waals surface area contributed by atoms with Crippen LogP contribution >= 0.6 is 0 Å². The predicted octanol–water partition coefficient (Wildman–Crippen LogP) is -0.737. The van der Waals surface area contributed by atoms with Crippen LogP contribution in [0.4, 0.5) is 0 Å². The third kappa shape index (κ3) is 1.60. The molecule has 0 atom stereocenters. The first-order chi connectivity index (χ1) is 4.84. The number of hydrogen-bond acceptors (Lipinski definition) is 2. The number of rotatable bonds is 0. The largest absolute Gasteiger partial charge is 0.378 e. The van der Waals surface area contributed by atoms with Crippen molar-refractivity contribution in [2.45, 2.75) is 0 Å². The predicted molar refractivity (Wildman–Crippen MR) is 39.9 cm³/mol. The Kier molecular flexibility index (Phi) is 2.50. The molecule has 1 aliphatic rings. The second-order valence-electron chi connectivity index (χ2n) is 2.18. The molecule has 0 bridgehead atoms. The second kappa shape index (κ2) is 3.41. The van der Waals surface area contributed by atoms with Crippen LogP contribution in [-0.2, 0) is 4.74 Å². The SMILES string of the molecule is C/N=C(/N)N1CCOCC1. The van der Waals surface area contributed by atoms with Crippen LogP contribution in [0.25, 0.3) is 0 Å². The van der Waals surface area contributed by atoms with Crippen LogP contribution in [-0.4, -0.2) is 44.2 Å². The Bertz CT molecular complexity index is 129. The Morgan fingerprint density at radius 2 is 2.10 bits per heavy atom. The first-order valence-electron chi connectivity index (χ1n) is 3.39. The first kappa shape index (κ1) is 7.34. The summed E-state index contributed by atoms with van der Waals surface area (Å²) in [5.41, 5.74) is 5.57. The molecule has 1 rings (SSSR count). The van der Waals surface area contributed by atoms with Crippen molar-refractivity contribution in [2.75, 3.05) is 33.4 Å². The van der Waals surface area contributed by atoms with E-state index in [2.05, 4.69) is 4.99 Å². The third-order valence-corrected chi connectivity index (χ3v) is 1.56. The molecule has 0 aromatic heterocycles. The van der Waals surface area contributed by atoms with Gasteiger partial charge in [-0.2, -0.15) is 0 Å².